The third kappa shape index (κ3) is 2.38. The fourth-order valence-corrected chi connectivity index (χ4v) is 2.94. The first-order chi connectivity index (χ1) is 11.2. The fraction of sp³-hybridized carbons (Fsp3) is 0. The van der Waals surface area contributed by atoms with Crippen LogP contribution in [0.1, 0.15) is 0 Å². The molecule has 0 aliphatic carbocycles. The first kappa shape index (κ1) is 13.9. The molecule has 2 N–H and O–H groups in total. The Morgan fingerprint density at radius 3 is 1.96 bits per heavy atom. The third-order valence-electron chi connectivity index (χ3n) is 4.09. The molecule has 4 aromatic rings. The van der Waals surface area contributed by atoms with Crippen molar-refractivity contribution < 1.29 is 10.0 Å². The standard InChI is InChI=1S/C19H14BNO2/c22-20(23)14-11-9-13(10-12-14)19-17-7-2-1-5-15(17)16-6-3-4-8-18(16)21-19/h1-12,22-23H. The topological polar surface area (TPSA) is 53.4 Å². The first-order valence-corrected chi connectivity index (χ1v) is 7.48. The van der Waals surface area contributed by atoms with Gasteiger partial charge in [0.05, 0.1) is 11.2 Å². The molecule has 0 spiro atoms. The van der Waals surface area contributed by atoms with E-state index in [0.717, 1.165) is 27.5 Å². The summed E-state index contributed by atoms with van der Waals surface area (Å²) in [6, 6.07) is 23.5. The van der Waals surface area contributed by atoms with Gasteiger partial charge in [-0.05, 0) is 16.9 Å². The smallest absolute Gasteiger partial charge is 0.423 e. The van der Waals surface area contributed by atoms with Gasteiger partial charge in [-0.15, -0.1) is 0 Å². The predicted octanol–water partition coefficient (Wildman–Crippen LogP) is 2.73. The maximum atomic E-state index is 9.24. The zero-order chi connectivity index (χ0) is 15.8. The van der Waals surface area contributed by atoms with Gasteiger partial charge in [-0.25, -0.2) is 4.98 Å². The minimum absolute atomic E-state index is 0.471. The highest BCUT2D eigenvalue weighted by Gasteiger charge is 2.13. The van der Waals surface area contributed by atoms with Gasteiger partial charge in [0.1, 0.15) is 0 Å². The summed E-state index contributed by atoms with van der Waals surface area (Å²) < 4.78 is 0. The average molecular weight is 299 g/mol. The molecule has 110 valence electrons. The van der Waals surface area contributed by atoms with E-state index < -0.39 is 7.12 Å². The molecule has 1 heterocycles. The molecule has 0 aliphatic rings. The number of aromatic nitrogens is 1. The molecule has 4 rings (SSSR count). The second-order valence-corrected chi connectivity index (χ2v) is 5.52. The van der Waals surface area contributed by atoms with E-state index in [0.29, 0.717) is 5.46 Å². The summed E-state index contributed by atoms with van der Waals surface area (Å²) in [5.74, 6) is 0. The van der Waals surface area contributed by atoms with E-state index in [1.807, 2.05) is 42.5 Å². The Hall–Kier alpha value is -2.69. The van der Waals surface area contributed by atoms with E-state index in [9.17, 15) is 10.0 Å². The summed E-state index contributed by atoms with van der Waals surface area (Å²) in [5, 5.41) is 21.9. The van der Waals surface area contributed by atoms with Crippen molar-refractivity contribution in [3.63, 3.8) is 0 Å². The van der Waals surface area contributed by atoms with Gasteiger partial charge in [0.25, 0.3) is 0 Å². The molecule has 4 heteroatoms. The van der Waals surface area contributed by atoms with Crippen molar-refractivity contribution in [1.29, 1.82) is 0 Å². The van der Waals surface area contributed by atoms with Gasteiger partial charge in [0.2, 0.25) is 0 Å². The molecule has 0 saturated heterocycles. The molecule has 0 unspecified atom stereocenters. The van der Waals surface area contributed by atoms with Crippen molar-refractivity contribution in [2.75, 3.05) is 0 Å². The van der Waals surface area contributed by atoms with Crippen LogP contribution in [0.15, 0.2) is 72.8 Å². The highest BCUT2D eigenvalue weighted by molar-refractivity contribution is 6.58. The van der Waals surface area contributed by atoms with Crippen LogP contribution in [-0.2, 0) is 0 Å². The highest BCUT2D eigenvalue weighted by Crippen LogP contribution is 2.31. The molecule has 0 radical (unpaired) electrons. The van der Waals surface area contributed by atoms with E-state index in [-0.39, 0.29) is 0 Å². The number of fused-ring (bicyclic) bond motifs is 3. The number of pyridine rings is 1. The molecule has 0 fully saturated rings. The first-order valence-electron chi connectivity index (χ1n) is 7.48. The van der Waals surface area contributed by atoms with E-state index in [2.05, 4.69) is 18.2 Å². The molecule has 0 atom stereocenters. The van der Waals surface area contributed by atoms with Crippen LogP contribution in [-0.4, -0.2) is 22.2 Å². The molecular formula is C19H14BNO2. The molecular weight excluding hydrogens is 285 g/mol. The molecule has 0 aliphatic heterocycles. The Morgan fingerprint density at radius 1 is 0.652 bits per heavy atom. The lowest BCUT2D eigenvalue weighted by Gasteiger charge is -2.10. The number of para-hydroxylation sites is 1. The maximum Gasteiger partial charge on any atom is 0.488 e. The number of hydrogen-bond donors (Lipinski definition) is 2. The second-order valence-electron chi connectivity index (χ2n) is 5.52. The van der Waals surface area contributed by atoms with Crippen molar-refractivity contribution in [3.05, 3.63) is 72.8 Å². The molecule has 0 saturated carbocycles. The van der Waals surface area contributed by atoms with Gasteiger partial charge in [0.15, 0.2) is 0 Å². The largest absolute Gasteiger partial charge is 0.488 e. The van der Waals surface area contributed by atoms with Crippen molar-refractivity contribution >= 4 is 34.3 Å². The van der Waals surface area contributed by atoms with E-state index in [1.54, 1.807) is 12.1 Å². The average Bonchev–Trinajstić information content (AvgIpc) is 2.61. The Morgan fingerprint density at radius 2 is 1.26 bits per heavy atom. The lowest BCUT2D eigenvalue weighted by Crippen LogP contribution is -2.29. The molecule has 23 heavy (non-hydrogen) atoms. The molecule has 1 aromatic heterocycles. The normalized spacial score (nSPS) is 11.0. The van der Waals surface area contributed by atoms with Crippen molar-refractivity contribution in [3.8, 4) is 11.3 Å². The molecule has 0 bridgehead atoms. The van der Waals surface area contributed by atoms with Crippen LogP contribution < -0.4 is 5.46 Å². The van der Waals surface area contributed by atoms with Crippen LogP contribution in [0.5, 0.6) is 0 Å². The Kier molecular flexibility index (Phi) is 3.34. The number of benzene rings is 3. The van der Waals surface area contributed by atoms with Crippen LogP contribution in [0.25, 0.3) is 32.9 Å². The van der Waals surface area contributed by atoms with Gasteiger partial charge in [-0.2, -0.15) is 0 Å². The Labute approximate surface area is 134 Å². The lowest BCUT2D eigenvalue weighted by atomic mass is 9.80. The summed E-state index contributed by atoms with van der Waals surface area (Å²) in [7, 11) is -1.45. The predicted molar refractivity (Wildman–Crippen MR) is 94.5 cm³/mol. The zero-order valence-electron chi connectivity index (χ0n) is 12.3. The number of nitrogens with zero attached hydrogens (tertiary/aromatic N) is 1. The monoisotopic (exact) mass is 299 g/mol. The van der Waals surface area contributed by atoms with Gasteiger partial charge >= 0.3 is 7.12 Å². The molecule has 0 amide bonds. The summed E-state index contributed by atoms with van der Waals surface area (Å²) in [6.07, 6.45) is 0. The van der Waals surface area contributed by atoms with E-state index >= 15 is 0 Å². The fourth-order valence-electron chi connectivity index (χ4n) is 2.94. The van der Waals surface area contributed by atoms with Gasteiger partial charge in [-0.1, -0.05) is 66.7 Å². The second kappa shape index (κ2) is 5.50. The highest BCUT2D eigenvalue weighted by atomic mass is 16.4. The van der Waals surface area contributed by atoms with Crippen LogP contribution in [0.4, 0.5) is 0 Å². The van der Waals surface area contributed by atoms with Crippen LogP contribution in [0, 0.1) is 0 Å². The van der Waals surface area contributed by atoms with Gasteiger partial charge < -0.3 is 10.0 Å². The zero-order valence-corrected chi connectivity index (χ0v) is 12.3. The summed E-state index contributed by atoms with van der Waals surface area (Å²) >= 11 is 0. The van der Waals surface area contributed by atoms with Gasteiger partial charge in [-0.3, -0.25) is 0 Å². The Bertz CT molecular complexity index is 997. The van der Waals surface area contributed by atoms with Crippen LogP contribution in [0.2, 0.25) is 0 Å². The summed E-state index contributed by atoms with van der Waals surface area (Å²) in [4.78, 5) is 4.82. The van der Waals surface area contributed by atoms with Gasteiger partial charge in [0, 0.05) is 16.3 Å². The number of hydrogen-bond acceptors (Lipinski definition) is 3. The SMILES string of the molecule is OB(O)c1ccc(-c2nc3ccccc3c3ccccc23)cc1. The molecule has 3 nitrogen and oxygen atoms in total. The minimum Gasteiger partial charge on any atom is -0.423 e. The summed E-state index contributed by atoms with van der Waals surface area (Å²) in [5.41, 5.74) is 3.28. The minimum atomic E-state index is -1.45. The number of rotatable bonds is 2. The quantitative estimate of drug-likeness (QED) is 0.442. The van der Waals surface area contributed by atoms with Crippen LogP contribution in [0.3, 0.4) is 0 Å². The van der Waals surface area contributed by atoms with E-state index in [1.165, 1.54) is 5.39 Å². The lowest BCUT2D eigenvalue weighted by molar-refractivity contribution is 0.426. The van der Waals surface area contributed by atoms with Crippen LogP contribution >= 0.6 is 0 Å². The van der Waals surface area contributed by atoms with Crippen molar-refractivity contribution in [2.24, 2.45) is 0 Å². The van der Waals surface area contributed by atoms with Crippen molar-refractivity contribution in [1.82, 2.24) is 4.98 Å². The Balaban J connectivity index is 2.01. The summed E-state index contributed by atoms with van der Waals surface area (Å²) in [6.45, 7) is 0. The van der Waals surface area contributed by atoms with Crippen molar-refractivity contribution in [2.45, 2.75) is 0 Å². The third-order valence-corrected chi connectivity index (χ3v) is 4.09. The van der Waals surface area contributed by atoms with E-state index in [4.69, 9.17) is 4.98 Å². The molecule has 3 aromatic carbocycles. The maximum absolute atomic E-state index is 9.24.